The molecule has 0 aliphatic carbocycles. The molecule has 0 radical (unpaired) electrons. The van der Waals surface area contributed by atoms with Gasteiger partial charge in [0.15, 0.2) is 0 Å². The lowest BCUT2D eigenvalue weighted by Crippen LogP contribution is -2.26. The molecule has 2 fully saturated rings. The third-order valence-corrected chi connectivity index (χ3v) is 5.67. The van der Waals surface area contributed by atoms with Gasteiger partial charge in [0.2, 0.25) is 5.88 Å². The van der Waals surface area contributed by atoms with E-state index in [2.05, 4.69) is 50.2 Å². The second-order valence-electron chi connectivity index (χ2n) is 7.46. The Hall–Kier alpha value is -2.73. The molecule has 1 aromatic carbocycles. The molecule has 1 atom stereocenters. The maximum atomic E-state index is 6.34. The summed E-state index contributed by atoms with van der Waals surface area (Å²) >= 11 is 0. The highest BCUT2D eigenvalue weighted by Crippen LogP contribution is 2.33. The monoisotopic (exact) mass is 376 g/mol. The zero-order valence-electron chi connectivity index (χ0n) is 15.8. The molecule has 0 amide bonds. The van der Waals surface area contributed by atoms with Gasteiger partial charge in [-0.2, -0.15) is 0 Å². The van der Waals surface area contributed by atoms with Crippen LogP contribution in [0.3, 0.4) is 0 Å². The van der Waals surface area contributed by atoms with Crippen molar-refractivity contribution in [3.8, 4) is 5.88 Å². The number of aromatic nitrogens is 3. The van der Waals surface area contributed by atoms with Gasteiger partial charge in [0.1, 0.15) is 17.6 Å². The topological polar surface area (TPSA) is 60.4 Å². The van der Waals surface area contributed by atoms with E-state index in [0.29, 0.717) is 11.8 Å². The quantitative estimate of drug-likeness (QED) is 0.694. The van der Waals surface area contributed by atoms with E-state index in [1.54, 1.807) is 12.4 Å². The van der Waals surface area contributed by atoms with E-state index in [4.69, 9.17) is 9.47 Å². The first-order valence-electron chi connectivity index (χ1n) is 10.0. The number of rotatable bonds is 4. The van der Waals surface area contributed by atoms with Crippen molar-refractivity contribution in [1.29, 1.82) is 0 Å². The predicted molar refractivity (Wildman–Crippen MR) is 108 cm³/mol. The largest absolute Gasteiger partial charge is 0.471 e. The average Bonchev–Trinajstić information content (AvgIpc) is 3.23. The van der Waals surface area contributed by atoms with Crippen molar-refractivity contribution in [1.82, 2.24) is 15.0 Å². The van der Waals surface area contributed by atoms with E-state index in [-0.39, 0.29) is 6.10 Å². The van der Waals surface area contributed by atoms with Crippen LogP contribution in [0.1, 0.15) is 30.9 Å². The van der Waals surface area contributed by atoms with Crippen LogP contribution in [0.25, 0.3) is 10.8 Å². The molecule has 144 valence electrons. The van der Waals surface area contributed by atoms with E-state index >= 15 is 0 Å². The van der Waals surface area contributed by atoms with Gasteiger partial charge in [-0.05, 0) is 24.3 Å². The van der Waals surface area contributed by atoms with Gasteiger partial charge >= 0.3 is 0 Å². The zero-order chi connectivity index (χ0) is 18.8. The van der Waals surface area contributed by atoms with Gasteiger partial charge in [-0.1, -0.05) is 24.3 Å². The summed E-state index contributed by atoms with van der Waals surface area (Å²) in [6.45, 7) is 3.30. The Labute approximate surface area is 164 Å². The summed E-state index contributed by atoms with van der Waals surface area (Å²) in [6.07, 6.45) is 8.37. The SMILES string of the molecule is c1ccc2c(N3CC[C@H](Oc4nccnc4C4CCOCC4)C3)nccc2c1. The van der Waals surface area contributed by atoms with Gasteiger partial charge in [-0.25, -0.2) is 9.97 Å². The molecule has 5 rings (SSSR count). The molecule has 0 bridgehead atoms. The number of hydrogen-bond acceptors (Lipinski definition) is 6. The summed E-state index contributed by atoms with van der Waals surface area (Å²) < 4.78 is 11.8. The number of hydrogen-bond donors (Lipinski definition) is 0. The van der Waals surface area contributed by atoms with E-state index in [0.717, 1.165) is 57.1 Å². The number of nitrogens with zero attached hydrogens (tertiary/aromatic N) is 4. The van der Waals surface area contributed by atoms with Crippen molar-refractivity contribution in [2.45, 2.75) is 31.3 Å². The van der Waals surface area contributed by atoms with Crippen LogP contribution in [0.15, 0.2) is 48.9 Å². The van der Waals surface area contributed by atoms with Crippen LogP contribution in [0.5, 0.6) is 5.88 Å². The third-order valence-electron chi connectivity index (χ3n) is 5.67. The number of benzene rings is 1. The van der Waals surface area contributed by atoms with Gasteiger partial charge in [-0.15, -0.1) is 0 Å². The zero-order valence-corrected chi connectivity index (χ0v) is 15.8. The van der Waals surface area contributed by atoms with Crippen LogP contribution >= 0.6 is 0 Å². The van der Waals surface area contributed by atoms with Crippen LogP contribution in [-0.4, -0.2) is 47.4 Å². The van der Waals surface area contributed by atoms with Gasteiger partial charge in [-0.3, -0.25) is 4.98 Å². The van der Waals surface area contributed by atoms with Crippen molar-refractivity contribution in [3.63, 3.8) is 0 Å². The molecule has 0 spiro atoms. The lowest BCUT2D eigenvalue weighted by Gasteiger charge is -2.24. The lowest BCUT2D eigenvalue weighted by atomic mass is 9.96. The van der Waals surface area contributed by atoms with Gasteiger partial charge in [0, 0.05) is 56.1 Å². The maximum absolute atomic E-state index is 6.34. The van der Waals surface area contributed by atoms with Crippen LogP contribution in [0, 0.1) is 0 Å². The van der Waals surface area contributed by atoms with Crippen LogP contribution in [-0.2, 0) is 4.74 Å². The number of ether oxygens (including phenoxy) is 2. The molecule has 28 heavy (non-hydrogen) atoms. The minimum Gasteiger partial charge on any atom is -0.471 e. The summed E-state index contributed by atoms with van der Waals surface area (Å²) in [7, 11) is 0. The molecule has 6 nitrogen and oxygen atoms in total. The molecule has 2 aromatic heterocycles. The fourth-order valence-corrected chi connectivity index (χ4v) is 4.21. The highest BCUT2D eigenvalue weighted by molar-refractivity contribution is 5.92. The number of pyridine rings is 1. The average molecular weight is 376 g/mol. The van der Waals surface area contributed by atoms with Gasteiger partial charge in [0.05, 0.1) is 6.54 Å². The Morgan fingerprint density at radius 2 is 1.79 bits per heavy atom. The summed E-state index contributed by atoms with van der Waals surface area (Å²) in [5.41, 5.74) is 0.979. The molecule has 0 saturated carbocycles. The Kier molecular flexibility index (Phi) is 4.79. The van der Waals surface area contributed by atoms with Crippen molar-refractivity contribution < 1.29 is 9.47 Å². The Bertz CT molecular complexity index is 953. The fraction of sp³-hybridized carbons (Fsp3) is 0.409. The smallest absolute Gasteiger partial charge is 0.236 e. The molecule has 2 saturated heterocycles. The lowest BCUT2D eigenvalue weighted by molar-refractivity contribution is 0.0829. The maximum Gasteiger partial charge on any atom is 0.236 e. The Balaban J connectivity index is 1.33. The third kappa shape index (κ3) is 3.40. The van der Waals surface area contributed by atoms with Crippen molar-refractivity contribution >= 4 is 16.6 Å². The van der Waals surface area contributed by atoms with Crippen LogP contribution in [0.2, 0.25) is 0 Å². The molecule has 0 unspecified atom stereocenters. The number of anilines is 1. The standard InChI is InChI=1S/C22H24N4O2/c1-2-4-19-16(3-1)5-9-24-21(19)26-12-6-18(15-26)28-22-20(23-10-11-25-22)17-7-13-27-14-8-17/h1-5,9-11,17-18H,6-8,12-15H2/t18-/m0/s1. The van der Waals surface area contributed by atoms with E-state index in [1.807, 2.05) is 6.20 Å². The summed E-state index contributed by atoms with van der Waals surface area (Å²) in [6, 6.07) is 10.5. The summed E-state index contributed by atoms with van der Waals surface area (Å²) in [5.74, 6) is 2.09. The molecule has 0 N–H and O–H groups in total. The van der Waals surface area contributed by atoms with Crippen molar-refractivity contribution in [3.05, 3.63) is 54.6 Å². The van der Waals surface area contributed by atoms with Crippen LogP contribution in [0.4, 0.5) is 5.82 Å². The van der Waals surface area contributed by atoms with Crippen molar-refractivity contribution in [2.75, 3.05) is 31.2 Å². The highest BCUT2D eigenvalue weighted by atomic mass is 16.5. The molecule has 3 aromatic rings. The molecule has 2 aliphatic rings. The first-order valence-corrected chi connectivity index (χ1v) is 10.0. The second kappa shape index (κ2) is 7.72. The Morgan fingerprint density at radius 1 is 0.929 bits per heavy atom. The number of fused-ring (bicyclic) bond motifs is 1. The molecule has 2 aliphatic heterocycles. The Morgan fingerprint density at radius 3 is 2.71 bits per heavy atom. The van der Waals surface area contributed by atoms with E-state index in [9.17, 15) is 0 Å². The predicted octanol–water partition coefficient (Wildman–Crippen LogP) is 3.58. The van der Waals surface area contributed by atoms with E-state index < -0.39 is 0 Å². The molecule has 6 heteroatoms. The highest BCUT2D eigenvalue weighted by Gasteiger charge is 2.29. The normalized spacial score (nSPS) is 20.6. The van der Waals surface area contributed by atoms with E-state index in [1.165, 1.54) is 10.8 Å². The molecular weight excluding hydrogens is 352 g/mol. The van der Waals surface area contributed by atoms with Gasteiger partial charge < -0.3 is 14.4 Å². The summed E-state index contributed by atoms with van der Waals surface area (Å²) in [5, 5.41) is 2.40. The first kappa shape index (κ1) is 17.4. The second-order valence-corrected chi connectivity index (χ2v) is 7.46. The fourth-order valence-electron chi connectivity index (χ4n) is 4.21. The van der Waals surface area contributed by atoms with Gasteiger partial charge in [0.25, 0.3) is 0 Å². The minimum absolute atomic E-state index is 0.0936. The van der Waals surface area contributed by atoms with Crippen molar-refractivity contribution in [2.24, 2.45) is 0 Å². The molecule has 4 heterocycles. The minimum atomic E-state index is 0.0936. The first-order chi connectivity index (χ1) is 13.9. The van der Waals surface area contributed by atoms with Crippen LogP contribution < -0.4 is 9.64 Å². The molecular formula is C22H24N4O2. The summed E-state index contributed by atoms with van der Waals surface area (Å²) in [4.78, 5) is 16.1.